The van der Waals surface area contributed by atoms with E-state index in [0.717, 1.165) is 18.0 Å². The van der Waals surface area contributed by atoms with Crippen LogP contribution in [0.5, 0.6) is 0 Å². The van der Waals surface area contributed by atoms with Crippen molar-refractivity contribution < 1.29 is 4.79 Å². The summed E-state index contributed by atoms with van der Waals surface area (Å²) >= 11 is 7.69. The van der Waals surface area contributed by atoms with Gasteiger partial charge in [0, 0.05) is 30.1 Å². The number of carbonyl (C=O) groups is 1. The van der Waals surface area contributed by atoms with Crippen LogP contribution in [0.3, 0.4) is 0 Å². The Balaban J connectivity index is 2.03. The van der Waals surface area contributed by atoms with Crippen molar-refractivity contribution in [2.24, 2.45) is 0 Å². The van der Waals surface area contributed by atoms with Crippen LogP contribution in [0.15, 0.2) is 29.2 Å². The topological polar surface area (TPSA) is 32.3 Å². The highest BCUT2D eigenvalue weighted by molar-refractivity contribution is 8.00. The molecule has 20 heavy (non-hydrogen) atoms. The van der Waals surface area contributed by atoms with Crippen molar-refractivity contribution in [2.75, 3.05) is 13.1 Å². The van der Waals surface area contributed by atoms with Crippen molar-refractivity contribution in [3.05, 3.63) is 29.3 Å². The third kappa shape index (κ3) is 3.48. The van der Waals surface area contributed by atoms with Crippen LogP contribution in [0.4, 0.5) is 0 Å². The zero-order valence-corrected chi connectivity index (χ0v) is 13.7. The van der Waals surface area contributed by atoms with Gasteiger partial charge in [0.1, 0.15) is 0 Å². The molecule has 5 heteroatoms. The van der Waals surface area contributed by atoms with Gasteiger partial charge in [-0.05, 0) is 32.9 Å². The molecule has 1 heterocycles. The summed E-state index contributed by atoms with van der Waals surface area (Å²) in [5, 5.41) is 3.98. The summed E-state index contributed by atoms with van der Waals surface area (Å²) in [6, 6.07) is 8.23. The number of halogens is 1. The molecule has 1 amide bonds. The average Bonchev–Trinajstić information content (AvgIpc) is 2.43. The van der Waals surface area contributed by atoms with Crippen molar-refractivity contribution in [3.8, 4) is 0 Å². The summed E-state index contributed by atoms with van der Waals surface area (Å²) in [5.74, 6) is 0.191. The van der Waals surface area contributed by atoms with Crippen LogP contribution in [0.1, 0.15) is 20.8 Å². The van der Waals surface area contributed by atoms with Crippen LogP contribution in [0, 0.1) is 0 Å². The maximum Gasteiger partial charge on any atom is 0.236 e. The fraction of sp³-hybridized carbons (Fsp3) is 0.533. The molecule has 1 aromatic rings. The minimum Gasteiger partial charge on any atom is -0.336 e. The molecule has 0 saturated carbocycles. The van der Waals surface area contributed by atoms with Crippen molar-refractivity contribution in [1.29, 1.82) is 0 Å². The van der Waals surface area contributed by atoms with Gasteiger partial charge in [-0.3, -0.25) is 4.79 Å². The SMILES string of the molecule is CC(Sc1ccccc1Cl)C(=O)N1CCNC(C)C1C. The lowest BCUT2D eigenvalue weighted by atomic mass is 10.1. The van der Waals surface area contributed by atoms with Gasteiger partial charge in [0.15, 0.2) is 0 Å². The van der Waals surface area contributed by atoms with Gasteiger partial charge >= 0.3 is 0 Å². The van der Waals surface area contributed by atoms with Gasteiger partial charge in [0.25, 0.3) is 0 Å². The van der Waals surface area contributed by atoms with Crippen LogP contribution < -0.4 is 5.32 Å². The maximum atomic E-state index is 12.6. The first-order chi connectivity index (χ1) is 9.50. The number of rotatable bonds is 3. The first-order valence-corrected chi connectivity index (χ1v) is 8.21. The molecule has 0 spiro atoms. The quantitative estimate of drug-likeness (QED) is 0.871. The summed E-state index contributed by atoms with van der Waals surface area (Å²) in [4.78, 5) is 15.5. The molecular weight excluding hydrogens is 292 g/mol. The van der Waals surface area contributed by atoms with Gasteiger partial charge < -0.3 is 10.2 Å². The van der Waals surface area contributed by atoms with E-state index in [9.17, 15) is 4.79 Å². The second-order valence-electron chi connectivity index (χ2n) is 5.21. The normalized spacial score (nSPS) is 24.5. The van der Waals surface area contributed by atoms with Crippen molar-refractivity contribution in [1.82, 2.24) is 10.2 Å². The average molecular weight is 313 g/mol. The highest BCUT2D eigenvalue weighted by atomic mass is 35.5. The van der Waals surface area contributed by atoms with E-state index < -0.39 is 0 Å². The van der Waals surface area contributed by atoms with Crippen molar-refractivity contribution >= 4 is 29.3 Å². The number of carbonyl (C=O) groups excluding carboxylic acids is 1. The van der Waals surface area contributed by atoms with E-state index in [1.54, 1.807) is 0 Å². The summed E-state index contributed by atoms with van der Waals surface area (Å²) in [5.41, 5.74) is 0. The molecule has 3 unspecified atom stereocenters. The van der Waals surface area contributed by atoms with Crippen LogP contribution in [-0.4, -0.2) is 41.2 Å². The number of hydrogen-bond donors (Lipinski definition) is 1. The molecule has 1 saturated heterocycles. The fourth-order valence-electron chi connectivity index (χ4n) is 2.38. The number of nitrogens with one attached hydrogen (secondary N) is 1. The molecule has 0 bridgehead atoms. The Bertz CT molecular complexity index is 483. The lowest BCUT2D eigenvalue weighted by Crippen LogP contribution is -2.58. The van der Waals surface area contributed by atoms with Gasteiger partial charge in [-0.25, -0.2) is 0 Å². The second-order valence-corrected chi connectivity index (χ2v) is 7.00. The standard InChI is InChI=1S/C15H21ClN2OS/c1-10-11(2)18(9-8-17-10)15(19)12(3)20-14-7-5-4-6-13(14)16/h4-7,10-12,17H,8-9H2,1-3H3. The largest absolute Gasteiger partial charge is 0.336 e. The van der Waals surface area contributed by atoms with Crippen LogP contribution >= 0.6 is 23.4 Å². The van der Waals surface area contributed by atoms with Crippen molar-refractivity contribution in [2.45, 2.75) is 43.0 Å². The smallest absolute Gasteiger partial charge is 0.236 e. The Kier molecular flexibility index (Phi) is 5.35. The molecule has 0 aliphatic carbocycles. The molecule has 0 aromatic heterocycles. The molecule has 110 valence electrons. The van der Waals surface area contributed by atoms with Gasteiger partial charge in [-0.1, -0.05) is 23.7 Å². The highest BCUT2D eigenvalue weighted by Crippen LogP contribution is 2.31. The van der Waals surface area contributed by atoms with E-state index >= 15 is 0 Å². The molecular formula is C15H21ClN2OS. The number of amides is 1. The minimum absolute atomic E-state index is 0.123. The number of nitrogens with zero attached hydrogens (tertiary/aromatic N) is 1. The van der Waals surface area contributed by atoms with E-state index in [2.05, 4.69) is 19.2 Å². The molecule has 2 rings (SSSR count). The lowest BCUT2D eigenvalue weighted by molar-refractivity contribution is -0.133. The Morgan fingerprint density at radius 2 is 2.15 bits per heavy atom. The zero-order valence-electron chi connectivity index (χ0n) is 12.1. The summed E-state index contributed by atoms with van der Waals surface area (Å²) < 4.78 is 0. The Labute approximate surface area is 130 Å². The number of piperazine rings is 1. The van der Waals surface area contributed by atoms with E-state index in [0.29, 0.717) is 11.1 Å². The first kappa shape index (κ1) is 15.7. The summed E-state index contributed by atoms with van der Waals surface area (Å²) in [6.45, 7) is 7.81. The molecule has 1 aromatic carbocycles. The van der Waals surface area contributed by atoms with Crippen LogP contribution in [0.2, 0.25) is 5.02 Å². The zero-order chi connectivity index (χ0) is 14.7. The van der Waals surface area contributed by atoms with Crippen molar-refractivity contribution in [3.63, 3.8) is 0 Å². The molecule has 0 radical (unpaired) electrons. The molecule has 3 atom stereocenters. The van der Waals surface area contributed by atoms with Gasteiger partial charge in [-0.15, -0.1) is 11.8 Å². The monoisotopic (exact) mass is 312 g/mol. The molecule has 1 aliphatic heterocycles. The maximum absolute atomic E-state index is 12.6. The van der Waals surface area contributed by atoms with Gasteiger partial charge in [0.2, 0.25) is 5.91 Å². The number of thioether (sulfide) groups is 1. The molecule has 1 aliphatic rings. The third-order valence-electron chi connectivity index (χ3n) is 3.81. The Hall–Kier alpha value is -0.710. The molecule has 1 N–H and O–H groups in total. The Morgan fingerprint density at radius 3 is 2.85 bits per heavy atom. The lowest BCUT2D eigenvalue weighted by Gasteiger charge is -2.39. The minimum atomic E-state index is -0.123. The third-order valence-corrected chi connectivity index (χ3v) is 5.41. The van der Waals surface area contributed by atoms with E-state index in [-0.39, 0.29) is 17.2 Å². The van der Waals surface area contributed by atoms with Crippen LogP contribution in [-0.2, 0) is 4.79 Å². The number of hydrogen-bond acceptors (Lipinski definition) is 3. The number of benzene rings is 1. The predicted molar refractivity (Wildman–Crippen MR) is 85.4 cm³/mol. The summed E-state index contributed by atoms with van der Waals surface area (Å²) in [7, 11) is 0. The Morgan fingerprint density at radius 1 is 1.45 bits per heavy atom. The highest BCUT2D eigenvalue weighted by Gasteiger charge is 2.31. The van der Waals surface area contributed by atoms with Gasteiger partial charge in [-0.2, -0.15) is 0 Å². The predicted octanol–water partition coefficient (Wildman–Crippen LogP) is 3.03. The second kappa shape index (κ2) is 6.83. The molecule has 3 nitrogen and oxygen atoms in total. The van der Waals surface area contributed by atoms with Crippen LogP contribution in [0.25, 0.3) is 0 Å². The van der Waals surface area contributed by atoms with Gasteiger partial charge in [0.05, 0.1) is 10.3 Å². The summed E-state index contributed by atoms with van der Waals surface area (Å²) in [6.07, 6.45) is 0. The van der Waals surface area contributed by atoms with E-state index in [4.69, 9.17) is 11.6 Å². The van der Waals surface area contributed by atoms with E-state index in [1.807, 2.05) is 36.1 Å². The molecule has 1 fully saturated rings. The van der Waals surface area contributed by atoms with E-state index in [1.165, 1.54) is 11.8 Å². The first-order valence-electron chi connectivity index (χ1n) is 6.95. The fourth-order valence-corrected chi connectivity index (χ4v) is 3.61.